The second-order valence-electron chi connectivity index (χ2n) is 10.1. The van der Waals surface area contributed by atoms with E-state index in [1.165, 1.54) is 13.2 Å². The molecule has 0 radical (unpaired) electrons. The maximum Gasteiger partial charge on any atom is 0.296 e. The topological polar surface area (TPSA) is 132 Å². The minimum atomic E-state index is -3.46. The van der Waals surface area contributed by atoms with Gasteiger partial charge in [-0.25, -0.2) is 8.42 Å². The largest absolute Gasteiger partial charge is 0.496 e. The molecule has 3 heterocycles. The Kier molecular flexibility index (Phi) is 7.64. The molecule has 5 rings (SSSR count). The Hall–Kier alpha value is -4.49. The predicted octanol–water partition coefficient (Wildman–Crippen LogP) is 5.26. The number of aromatic nitrogens is 2. The third kappa shape index (κ3) is 5.40. The van der Waals surface area contributed by atoms with Crippen LogP contribution in [0, 0.1) is 30.9 Å². The SMILES string of the molecule is COc1ccc(-n2c(C)cc([C@H]3[C@@H](c4ccccn4)NC(=S)N3c3ccc(NS(C)(=O)=O)c(C)c3)c2C)c([N+](=O)[O-])c1. The summed E-state index contributed by atoms with van der Waals surface area (Å²) >= 11 is 5.86. The van der Waals surface area contributed by atoms with Crippen molar-refractivity contribution in [3.8, 4) is 11.4 Å². The highest BCUT2D eigenvalue weighted by atomic mass is 32.2. The molecular formula is C29H30N6O5S2. The molecule has 218 valence electrons. The van der Waals surface area contributed by atoms with Crippen LogP contribution < -0.4 is 19.7 Å². The quantitative estimate of drug-likeness (QED) is 0.157. The van der Waals surface area contributed by atoms with Crippen LogP contribution in [0.25, 0.3) is 5.69 Å². The summed E-state index contributed by atoms with van der Waals surface area (Å²) in [6.45, 7) is 5.65. The van der Waals surface area contributed by atoms with Gasteiger partial charge in [-0.2, -0.15) is 0 Å². The van der Waals surface area contributed by atoms with Crippen molar-refractivity contribution >= 4 is 44.4 Å². The molecule has 2 aromatic heterocycles. The molecule has 1 aliphatic rings. The van der Waals surface area contributed by atoms with Gasteiger partial charge in [0.1, 0.15) is 11.4 Å². The fourth-order valence-corrected chi connectivity index (χ4v) is 6.46. The van der Waals surface area contributed by atoms with Crippen LogP contribution in [0.4, 0.5) is 17.1 Å². The number of sulfonamides is 1. The Morgan fingerprint density at radius 3 is 2.48 bits per heavy atom. The Morgan fingerprint density at radius 1 is 1.10 bits per heavy atom. The normalized spacial score (nSPS) is 16.8. The Morgan fingerprint density at radius 2 is 1.86 bits per heavy atom. The molecule has 11 nitrogen and oxygen atoms in total. The van der Waals surface area contributed by atoms with Gasteiger partial charge in [-0.15, -0.1) is 0 Å². The lowest BCUT2D eigenvalue weighted by Crippen LogP contribution is -2.29. The maximum atomic E-state index is 12.1. The molecule has 0 amide bonds. The first-order valence-corrected chi connectivity index (χ1v) is 15.3. The molecule has 0 saturated carbocycles. The number of nitro groups is 1. The molecule has 0 aliphatic carbocycles. The van der Waals surface area contributed by atoms with E-state index in [0.29, 0.717) is 22.2 Å². The van der Waals surface area contributed by atoms with Gasteiger partial charge in [0.2, 0.25) is 10.0 Å². The Balaban J connectivity index is 1.68. The number of nitrogens with one attached hydrogen (secondary N) is 2. The van der Waals surface area contributed by atoms with Gasteiger partial charge in [0.25, 0.3) is 5.69 Å². The third-order valence-electron chi connectivity index (χ3n) is 7.29. The van der Waals surface area contributed by atoms with Gasteiger partial charge in [-0.1, -0.05) is 6.07 Å². The average Bonchev–Trinajstić information content (AvgIpc) is 3.43. The van der Waals surface area contributed by atoms with Crippen LogP contribution in [0.5, 0.6) is 5.75 Å². The average molecular weight is 607 g/mol. The molecule has 0 unspecified atom stereocenters. The first-order chi connectivity index (χ1) is 19.9. The summed E-state index contributed by atoms with van der Waals surface area (Å²) in [7, 11) is -1.99. The van der Waals surface area contributed by atoms with Gasteiger partial charge in [0.15, 0.2) is 5.11 Å². The van der Waals surface area contributed by atoms with Gasteiger partial charge in [-0.05, 0) is 92.6 Å². The smallest absolute Gasteiger partial charge is 0.296 e. The lowest BCUT2D eigenvalue weighted by molar-refractivity contribution is -0.384. The molecule has 42 heavy (non-hydrogen) atoms. The van der Waals surface area contributed by atoms with Crippen LogP contribution in [0.3, 0.4) is 0 Å². The monoisotopic (exact) mass is 606 g/mol. The number of pyridine rings is 1. The van der Waals surface area contributed by atoms with E-state index in [4.69, 9.17) is 17.0 Å². The van der Waals surface area contributed by atoms with E-state index in [9.17, 15) is 18.5 Å². The predicted molar refractivity (Wildman–Crippen MR) is 166 cm³/mol. The molecule has 13 heteroatoms. The zero-order valence-corrected chi connectivity index (χ0v) is 25.3. The third-order valence-corrected chi connectivity index (χ3v) is 8.20. The zero-order chi connectivity index (χ0) is 30.3. The van der Waals surface area contributed by atoms with Crippen LogP contribution in [0.2, 0.25) is 0 Å². The van der Waals surface area contributed by atoms with Crippen LogP contribution >= 0.6 is 12.2 Å². The van der Waals surface area contributed by atoms with E-state index in [-0.39, 0.29) is 17.8 Å². The van der Waals surface area contributed by atoms with Gasteiger partial charge in [-0.3, -0.25) is 19.8 Å². The minimum Gasteiger partial charge on any atom is -0.496 e. The van der Waals surface area contributed by atoms with Crippen molar-refractivity contribution in [1.29, 1.82) is 0 Å². The highest BCUT2D eigenvalue weighted by molar-refractivity contribution is 7.92. The number of methoxy groups -OCH3 is 1. The van der Waals surface area contributed by atoms with Gasteiger partial charge in [0, 0.05) is 23.3 Å². The highest BCUT2D eigenvalue weighted by Gasteiger charge is 2.42. The van der Waals surface area contributed by atoms with Crippen LogP contribution in [0.15, 0.2) is 66.9 Å². The molecule has 0 bridgehead atoms. The van der Waals surface area contributed by atoms with E-state index in [2.05, 4.69) is 15.0 Å². The van der Waals surface area contributed by atoms with Crippen LogP contribution in [-0.4, -0.2) is 41.4 Å². The van der Waals surface area contributed by atoms with Crippen molar-refractivity contribution in [2.45, 2.75) is 32.9 Å². The van der Waals surface area contributed by atoms with Crippen molar-refractivity contribution in [2.24, 2.45) is 0 Å². The summed E-state index contributed by atoms with van der Waals surface area (Å²) in [5.41, 5.74) is 5.58. The van der Waals surface area contributed by atoms with E-state index >= 15 is 0 Å². The van der Waals surface area contributed by atoms with Gasteiger partial charge in [0.05, 0.1) is 47.8 Å². The summed E-state index contributed by atoms with van der Waals surface area (Å²) in [6, 6.07) is 17.2. The van der Waals surface area contributed by atoms with E-state index in [1.807, 2.05) is 66.6 Å². The number of anilines is 2. The molecule has 4 aromatic rings. The molecule has 2 N–H and O–H groups in total. The van der Waals surface area contributed by atoms with Crippen molar-refractivity contribution < 1.29 is 18.1 Å². The van der Waals surface area contributed by atoms with Crippen molar-refractivity contribution in [3.63, 3.8) is 0 Å². The fraction of sp³-hybridized carbons (Fsp3) is 0.241. The summed E-state index contributed by atoms with van der Waals surface area (Å²) in [6.07, 6.45) is 2.83. The molecule has 2 aromatic carbocycles. The van der Waals surface area contributed by atoms with Crippen molar-refractivity contribution in [2.75, 3.05) is 23.0 Å². The molecule has 1 fully saturated rings. The number of nitro benzene ring substituents is 1. The van der Waals surface area contributed by atoms with E-state index in [0.717, 1.165) is 40.2 Å². The minimum absolute atomic E-state index is 0.0783. The number of hydrogen-bond acceptors (Lipinski definition) is 7. The van der Waals surface area contributed by atoms with Crippen LogP contribution in [0.1, 0.15) is 40.3 Å². The van der Waals surface area contributed by atoms with Gasteiger partial charge >= 0.3 is 0 Å². The first kappa shape index (κ1) is 29.0. The number of benzene rings is 2. The fourth-order valence-electron chi connectivity index (χ4n) is 5.48. The molecule has 2 atom stereocenters. The number of aryl methyl sites for hydroxylation is 2. The Labute approximate surface area is 249 Å². The zero-order valence-electron chi connectivity index (χ0n) is 23.7. The summed E-state index contributed by atoms with van der Waals surface area (Å²) < 4.78 is 33.4. The number of hydrogen-bond donors (Lipinski definition) is 2. The molecule has 1 saturated heterocycles. The Bertz CT molecular complexity index is 1810. The van der Waals surface area contributed by atoms with E-state index in [1.54, 1.807) is 24.4 Å². The maximum absolute atomic E-state index is 12.1. The van der Waals surface area contributed by atoms with Crippen molar-refractivity contribution in [3.05, 3.63) is 105 Å². The summed E-state index contributed by atoms with van der Waals surface area (Å²) in [4.78, 5) is 18.2. The lowest BCUT2D eigenvalue weighted by Gasteiger charge is -2.29. The second-order valence-corrected chi connectivity index (χ2v) is 12.3. The second kappa shape index (κ2) is 11.1. The summed E-state index contributed by atoms with van der Waals surface area (Å²) in [5.74, 6) is 0.393. The van der Waals surface area contributed by atoms with Crippen molar-refractivity contribution in [1.82, 2.24) is 14.9 Å². The standard InChI is InChI=1S/C29H30N6O5S2/c1-17-14-20(9-11-23(17)32-42(5,38)39)34-28(27(31-29(34)41)24-8-6-7-13-30-24)22-15-18(2)33(19(22)3)25-12-10-21(40-4)16-26(25)35(36)37/h6-16,27-28,32H,1-5H3,(H,31,41)/t27-,28+/m1/s1. The molecular weight excluding hydrogens is 576 g/mol. The number of thiocarbonyl (C=S) groups is 1. The number of nitrogens with zero attached hydrogens (tertiary/aromatic N) is 4. The number of ether oxygens (including phenoxy) is 1. The van der Waals surface area contributed by atoms with Gasteiger partial charge < -0.3 is 19.5 Å². The summed E-state index contributed by atoms with van der Waals surface area (Å²) in [5, 5.41) is 16.0. The highest BCUT2D eigenvalue weighted by Crippen LogP contribution is 2.45. The van der Waals surface area contributed by atoms with E-state index < -0.39 is 14.9 Å². The molecule has 0 spiro atoms. The molecule has 1 aliphatic heterocycles. The lowest BCUT2D eigenvalue weighted by atomic mass is 9.96. The first-order valence-electron chi connectivity index (χ1n) is 13.0. The number of rotatable bonds is 8. The van der Waals surface area contributed by atoms with Crippen LogP contribution in [-0.2, 0) is 10.0 Å².